The zero-order valence-electron chi connectivity index (χ0n) is 12.8. The van der Waals surface area contributed by atoms with Crippen LogP contribution in [0.25, 0.3) is 22.6 Å². The summed E-state index contributed by atoms with van der Waals surface area (Å²) in [6.45, 7) is 0.221. The van der Waals surface area contributed by atoms with Gasteiger partial charge >= 0.3 is 0 Å². The van der Waals surface area contributed by atoms with E-state index in [9.17, 15) is 4.39 Å². The van der Waals surface area contributed by atoms with Gasteiger partial charge in [-0.1, -0.05) is 0 Å². The molecule has 1 aromatic heterocycles. The number of nitrogens with zero attached hydrogens (tertiary/aromatic N) is 2. The first-order valence-corrected chi connectivity index (χ1v) is 7.31. The molecule has 1 aliphatic heterocycles. The Labute approximate surface area is 137 Å². The second-order valence-electron chi connectivity index (χ2n) is 5.18. The minimum atomic E-state index is -0.452. The van der Waals surface area contributed by atoms with Crippen LogP contribution in [0.1, 0.15) is 0 Å². The maximum atomic E-state index is 13.9. The van der Waals surface area contributed by atoms with Gasteiger partial charge in [0.25, 0.3) is 0 Å². The van der Waals surface area contributed by atoms with Crippen LogP contribution >= 0.6 is 0 Å². The number of ether oxygens (including phenoxy) is 3. The van der Waals surface area contributed by atoms with Crippen molar-refractivity contribution in [1.29, 1.82) is 0 Å². The number of aromatic nitrogens is 2. The van der Waals surface area contributed by atoms with Crippen LogP contribution in [-0.4, -0.2) is 23.9 Å². The van der Waals surface area contributed by atoms with Crippen molar-refractivity contribution in [1.82, 2.24) is 9.97 Å². The van der Waals surface area contributed by atoms with Crippen molar-refractivity contribution in [3.8, 4) is 39.9 Å². The maximum Gasteiger partial charge on any atom is 0.231 e. The van der Waals surface area contributed by atoms with Crippen LogP contribution in [0, 0.1) is 5.82 Å². The van der Waals surface area contributed by atoms with Crippen molar-refractivity contribution < 1.29 is 18.6 Å². The number of benzene rings is 2. The fourth-order valence-electron chi connectivity index (χ4n) is 2.52. The Hall–Kier alpha value is -3.15. The van der Waals surface area contributed by atoms with Gasteiger partial charge in [-0.05, 0) is 42.5 Å². The van der Waals surface area contributed by atoms with Crippen LogP contribution in [0.2, 0.25) is 0 Å². The Morgan fingerprint density at radius 1 is 1.00 bits per heavy atom. The Kier molecular flexibility index (Phi) is 3.49. The molecule has 0 amide bonds. The summed E-state index contributed by atoms with van der Waals surface area (Å²) in [7, 11) is 1.43. The highest BCUT2D eigenvalue weighted by Gasteiger charge is 2.15. The van der Waals surface area contributed by atoms with Crippen LogP contribution in [0.5, 0.6) is 17.2 Å². The van der Waals surface area contributed by atoms with Gasteiger partial charge in [-0.3, -0.25) is 0 Å². The maximum absolute atomic E-state index is 13.9. The van der Waals surface area contributed by atoms with E-state index in [1.807, 2.05) is 18.2 Å². The van der Waals surface area contributed by atoms with Crippen molar-refractivity contribution in [2.24, 2.45) is 0 Å². The second kappa shape index (κ2) is 5.81. The summed E-state index contributed by atoms with van der Waals surface area (Å²) >= 11 is 0. The van der Waals surface area contributed by atoms with Crippen molar-refractivity contribution in [2.75, 3.05) is 13.9 Å². The Bertz CT molecular complexity index is 915. The molecule has 120 valence electrons. The summed E-state index contributed by atoms with van der Waals surface area (Å²) in [6, 6.07) is 12.0. The average Bonchev–Trinajstić information content (AvgIpc) is 3.09. The Morgan fingerprint density at radius 3 is 2.67 bits per heavy atom. The molecule has 4 rings (SSSR count). The number of rotatable bonds is 3. The molecule has 0 fully saturated rings. The van der Waals surface area contributed by atoms with Gasteiger partial charge in [-0.15, -0.1) is 0 Å². The summed E-state index contributed by atoms with van der Waals surface area (Å²) in [5.74, 6) is 1.57. The van der Waals surface area contributed by atoms with Crippen molar-refractivity contribution >= 4 is 0 Å². The second-order valence-corrected chi connectivity index (χ2v) is 5.18. The standard InChI is InChI=1S/C18H13FN2O3/c1-22-15-4-3-12(8-13(15)19)18-20-7-6-14(21-18)11-2-5-16-17(9-11)24-10-23-16/h2-9H,10H2,1H3. The number of fused-ring (bicyclic) bond motifs is 1. The third-order valence-corrected chi connectivity index (χ3v) is 3.73. The predicted molar refractivity (Wildman–Crippen MR) is 85.5 cm³/mol. The van der Waals surface area contributed by atoms with E-state index in [2.05, 4.69) is 9.97 Å². The lowest BCUT2D eigenvalue weighted by Gasteiger charge is -2.07. The lowest BCUT2D eigenvalue weighted by molar-refractivity contribution is 0.174. The van der Waals surface area contributed by atoms with E-state index in [1.165, 1.54) is 13.2 Å². The van der Waals surface area contributed by atoms with E-state index in [0.717, 1.165) is 11.3 Å². The van der Waals surface area contributed by atoms with Crippen LogP contribution in [0.4, 0.5) is 4.39 Å². The summed E-state index contributed by atoms with van der Waals surface area (Å²) in [5, 5.41) is 0. The number of hydrogen-bond acceptors (Lipinski definition) is 5. The van der Waals surface area contributed by atoms with Gasteiger partial charge in [-0.25, -0.2) is 14.4 Å². The van der Waals surface area contributed by atoms with E-state index in [4.69, 9.17) is 14.2 Å². The first kappa shape index (κ1) is 14.4. The molecule has 0 aliphatic carbocycles. The summed E-state index contributed by atoms with van der Waals surface area (Å²) in [5.41, 5.74) is 2.17. The molecular formula is C18H13FN2O3. The molecule has 2 heterocycles. The van der Waals surface area contributed by atoms with E-state index in [1.54, 1.807) is 24.4 Å². The Balaban J connectivity index is 1.72. The number of methoxy groups -OCH3 is 1. The lowest BCUT2D eigenvalue weighted by atomic mass is 10.1. The van der Waals surface area contributed by atoms with Gasteiger partial charge < -0.3 is 14.2 Å². The largest absolute Gasteiger partial charge is 0.494 e. The van der Waals surface area contributed by atoms with Gasteiger partial charge in [0.1, 0.15) is 0 Å². The Morgan fingerprint density at radius 2 is 1.83 bits per heavy atom. The molecule has 0 atom stereocenters. The van der Waals surface area contributed by atoms with Gasteiger partial charge in [0.15, 0.2) is 28.9 Å². The molecule has 0 saturated heterocycles. The van der Waals surface area contributed by atoms with Gasteiger partial charge in [0, 0.05) is 17.3 Å². The molecule has 6 heteroatoms. The molecular weight excluding hydrogens is 311 g/mol. The highest BCUT2D eigenvalue weighted by Crippen LogP contribution is 2.35. The van der Waals surface area contributed by atoms with Gasteiger partial charge in [0.05, 0.1) is 12.8 Å². The molecule has 0 saturated carbocycles. The normalized spacial score (nSPS) is 12.2. The van der Waals surface area contributed by atoms with Crippen LogP contribution in [0.3, 0.4) is 0 Å². The number of hydrogen-bond donors (Lipinski definition) is 0. The lowest BCUT2D eigenvalue weighted by Crippen LogP contribution is -1.94. The molecule has 1 aliphatic rings. The minimum Gasteiger partial charge on any atom is -0.494 e. The molecule has 0 spiro atoms. The van der Waals surface area contributed by atoms with Crippen molar-refractivity contribution in [2.45, 2.75) is 0 Å². The van der Waals surface area contributed by atoms with Crippen LogP contribution in [0.15, 0.2) is 48.7 Å². The first-order chi connectivity index (χ1) is 11.7. The van der Waals surface area contributed by atoms with E-state index < -0.39 is 5.82 Å². The van der Waals surface area contributed by atoms with Gasteiger partial charge in [-0.2, -0.15) is 0 Å². The summed E-state index contributed by atoms with van der Waals surface area (Å²) in [4.78, 5) is 8.75. The molecule has 0 bridgehead atoms. The fraction of sp³-hybridized carbons (Fsp3) is 0.111. The van der Waals surface area contributed by atoms with Crippen molar-refractivity contribution in [3.63, 3.8) is 0 Å². The topological polar surface area (TPSA) is 53.5 Å². The molecule has 0 N–H and O–H groups in total. The summed E-state index contributed by atoms with van der Waals surface area (Å²) < 4.78 is 29.5. The zero-order valence-corrected chi connectivity index (χ0v) is 12.8. The fourth-order valence-corrected chi connectivity index (χ4v) is 2.52. The molecule has 24 heavy (non-hydrogen) atoms. The quantitative estimate of drug-likeness (QED) is 0.735. The summed E-state index contributed by atoms with van der Waals surface area (Å²) in [6.07, 6.45) is 1.64. The van der Waals surface area contributed by atoms with E-state index in [0.29, 0.717) is 22.9 Å². The first-order valence-electron chi connectivity index (χ1n) is 7.31. The van der Waals surface area contributed by atoms with E-state index in [-0.39, 0.29) is 12.5 Å². The molecule has 5 nitrogen and oxygen atoms in total. The van der Waals surface area contributed by atoms with Crippen molar-refractivity contribution in [3.05, 3.63) is 54.5 Å². The highest BCUT2D eigenvalue weighted by molar-refractivity contribution is 5.67. The predicted octanol–water partition coefficient (Wildman–Crippen LogP) is 3.69. The number of halogens is 1. The van der Waals surface area contributed by atoms with Gasteiger partial charge in [0.2, 0.25) is 6.79 Å². The molecule has 0 unspecified atom stereocenters. The average molecular weight is 324 g/mol. The third-order valence-electron chi connectivity index (χ3n) is 3.73. The SMILES string of the molecule is COc1ccc(-c2nccc(-c3ccc4c(c3)OCO4)n2)cc1F. The smallest absolute Gasteiger partial charge is 0.231 e. The molecule has 0 radical (unpaired) electrons. The third kappa shape index (κ3) is 2.52. The monoisotopic (exact) mass is 324 g/mol. The van der Waals surface area contributed by atoms with Crippen LogP contribution in [-0.2, 0) is 0 Å². The molecule has 3 aromatic rings. The zero-order chi connectivity index (χ0) is 16.5. The van der Waals surface area contributed by atoms with E-state index >= 15 is 0 Å². The van der Waals surface area contributed by atoms with Crippen LogP contribution < -0.4 is 14.2 Å². The highest BCUT2D eigenvalue weighted by atomic mass is 19.1. The minimum absolute atomic E-state index is 0.186. The molecule has 2 aromatic carbocycles.